The second-order valence-electron chi connectivity index (χ2n) is 7.95. The van der Waals surface area contributed by atoms with Crippen LogP contribution in [-0.2, 0) is 21.4 Å². The van der Waals surface area contributed by atoms with Gasteiger partial charge in [-0.15, -0.1) is 0 Å². The standard InChI is InChI=1S/C26H30N2O6S/c1-19(2)34-22-11-9-20(10-12-22)17-27-26(29)18-28(24-7-5-6-8-25(24)33-4)35(30,31)23-15-13-21(32-3)14-16-23/h5-16,19H,17-18H2,1-4H3,(H,27,29). The molecule has 1 N–H and O–H groups in total. The minimum absolute atomic E-state index is 0.0257. The molecule has 3 aromatic rings. The number of hydrogen-bond acceptors (Lipinski definition) is 6. The minimum atomic E-state index is -4.09. The molecule has 3 rings (SSSR count). The van der Waals surface area contributed by atoms with E-state index < -0.39 is 22.5 Å². The molecule has 0 atom stereocenters. The van der Waals surface area contributed by atoms with Gasteiger partial charge in [-0.05, 0) is 67.9 Å². The van der Waals surface area contributed by atoms with Gasteiger partial charge in [0.25, 0.3) is 10.0 Å². The molecule has 0 spiro atoms. The molecule has 0 fully saturated rings. The average Bonchev–Trinajstić information content (AvgIpc) is 2.86. The van der Waals surface area contributed by atoms with Crippen LogP contribution in [0.25, 0.3) is 0 Å². The fourth-order valence-corrected chi connectivity index (χ4v) is 4.79. The van der Waals surface area contributed by atoms with Gasteiger partial charge in [0.1, 0.15) is 23.8 Å². The van der Waals surface area contributed by atoms with Crippen molar-refractivity contribution in [2.75, 3.05) is 25.1 Å². The van der Waals surface area contributed by atoms with Gasteiger partial charge < -0.3 is 19.5 Å². The van der Waals surface area contributed by atoms with Crippen molar-refractivity contribution in [2.45, 2.75) is 31.4 Å². The van der Waals surface area contributed by atoms with Crippen LogP contribution in [0.1, 0.15) is 19.4 Å². The van der Waals surface area contributed by atoms with E-state index in [0.29, 0.717) is 11.5 Å². The summed E-state index contributed by atoms with van der Waals surface area (Å²) < 4.78 is 44.3. The quantitative estimate of drug-likeness (QED) is 0.429. The summed E-state index contributed by atoms with van der Waals surface area (Å²) >= 11 is 0. The highest BCUT2D eigenvalue weighted by molar-refractivity contribution is 7.92. The monoisotopic (exact) mass is 498 g/mol. The van der Waals surface area contributed by atoms with Crippen LogP contribution in [-0.4, -0.2) is 41.2 Å². The molecule has 0 saturated heterocycles. The van der Waals surface area contributed by atoms with E-state index in [2.05, 4.69) is 5.32 Å². The Bertz CT molecular complexity index is 1230. The highest BCUT2D eigenvalue weighted by Crippen LogP contribution is 2.32. The Labute approximate surface area is 206 Å². The molecule has 0 aliphatic carbocycles. The molecule has 9 heteroatoms. The van der Waals surface area contributed by atoms with Crippen molar-refractivity contribution in [1.29, 1.82) is 0 Å². The summed E-state index contributed by atoms with van der Waals surface area (Å²) in [5.41, 5.74) is 1.12. The summed E-state index contributed by atoms with van der Waals surface area (Å²) in [6.07, 6.45) is 0.0640. The van der Waals surface area contributed by atoms with Crippen LogP contribution < -0.4 is 23.8 Å². The summed E-state index contributed by atoms with van der Waals surface area (Å²) in [4.78, 5) is 12.9. The Morgan fingerprint density at radius 3 is 2.11 bits per heavy atom. The van der Waals surface area contributed by atoms with Crippen molar-refractivity contribution in [3.8, 4) is 17.2 Å². The molecule has 8 nitrogen and oxygen atoms in total. The topological polar surface area (TPSA) is 94.2 Å². The highest BCUT2D eigenvalue weighted by Gasteiger charge is 2.29. The van der Waals surface area contributed by atoms with E-state index in [1.54, 1.807) is 36.4 Å². The Hall–Kier alpha value is -3.72. The molecule has 0 aliphatic heterocycles. The molecule has 186 valence electrons. The zero-order valence-electron chi connectivity index (χ0n) is 20.2. The maximum Gasteiger partial charge on any atom is 0.264 e. The fourth-order valence-electron chi connectivity index (χ4n) is 3.36. The predicted octanol–water partition coefficient (Wildman–Crippen LogP) is 4.00. The van der Waals surface area contributed by atoms with Crippen molar-refractivity contribution in [3.05, 3.63) is 78.4 Å². The Balaban J connectivity index is 1.82. The van der Waals surface area contributed by atoms with Crippen LogP contribution in [0, 0.1) is 0 Å². The normalized spacial score (nSPS) is 11.1. The zero-order valence-corrected chi connectivity index (χ0v) is 21.0. The van der Waals surface area contributed by atoms with Gasteiger partial charge in [0.15, 0.2) is 0 Å². The largest absolute Gasteiger partial charge is 0.497 e. The third-order valence-corrected chi connectivity index (χ3v) is 6.85. The van der Waals surface area contributed by atoms with E-state index in [4.69, 9.17) is 14.2 Å². The summed E-state index contributed by atoms with van der Waals surface area (Å²) in [5, 5.41) is 2.79. The van der Waals surface area contributed by atoms with Gasteiger partial charge in [0.2, 0.25) is 5.91 Å². The SMILES string of the molecule is COc1ccc(S(=O)(=O)N(CC(=O)NCc2ccc(OC(C)C)cc2)c2ccccc2OC)cc1. The summed E-state index contributed by atoms with van der Waals surface area (Å²) in [6.45, 7) is 3.70. The van der Waals surface area contributed by atoms with Crippen LogP contribution >= 0.6 is 0 Å². The van der Waals surface area contributed by atoms with E-state index >= 15 is 0 Å². The number of ether oxygens (including phenoxy) is 3. The van der Waals surface area contributed by atoms with Crippen LogP contribution in [0.15, 0.2) is 77.7 Å². The van der Waals surface area contributed by atoms with E-state index in [-0.39, 0.29) is 23.2 Å². The molecule has 0 radical (unpaired) electrons. The van der Waals surface area contributed by atoms with E-state index in [0.717, 1.165) is 15.6 Å². The number of carbonyl (C=O) groups excluding carboxylic acids is 1. The number of amides is 1. The van der Waals surface area contributed by atoms with Gasteiger partial charge in [0.05, 0.1) is 30.9 Å². The Kier molecular flexibility index (Phi) is 8.59. The highest BCUT2D eigenvalue weighted by atomic mass is 32.2. The zero-order chi connectivity index (χ0) is 25.4. The number of benzene rings is 3. The third-order valence-electron chi connectivity index (χ3n) is 5.07. The first-order chi connectivity index (χ1) is 16.7. The molecule has 0 aliphatic rings. The number of anilines is 1. The minimum Gasteiger partial charge on any atom is -0.497 e. The Morgan fingerprint density at radius 2 is 1.51 bits per heavy atom. The number of rotatable bonds is 11. The Morgan fingerprint density at radius 1 is 0.886 bits per heavy atom. The number of nitrogens with zero attached hydrogens (tertiary/aromatic N) is 1. The first kappa shape index (κ1) is 25.9. The number of hydrogen-bond donors (Lipinski definition) is 1. The summed E-state index contributed by atoms with van der Waals surface area (Å²) in [5.74, 6) is 1.13. The number of para-hydroxylation sites is 2. The van der Waals surface area contributed by atoms with Crippen molar-refractivity contribution >= 4 is 21.6 Å². The van der Waals surface area contributed by atoms with E-state index in [9.17, 15) is 13.2 Å². The fraction of sp³-hybridized carbons (Fsp3) is 0.269. The lowest BCUT2D eigenvalue weighted by atomic mass is 10.2. The van der Waals surface area contributed by atoms with Gasteiger partial charge in [-0.1, -0.05) is 24.3 Å². The molecule has 0 aromatic heterocycles. The summed E-state index contributed by atoms with van der Waals surface area (Å²) in [6, 6.07) is 20.0. The predicted molar refractivity (Wildman–Crippen MR) is 135 cm³/mol. The maximum absolute atomic E-state index is 13.6. The van der Waals surface area contributed by atoms with Crippen molar-refractivity contribution < 1.29 is 27.4 Å². The molecular weight excluding hydrogens is 468 g/mol. The first-order valence-electron chi connectivity index (χ1n) is 11.1. The number of nitrogens with one attached hydrogen (secondary N) is 1. The van der Waals surface area contributed by atoms with Crippen molar-refractivity contribution in [3.63, 3.8) is 0 Å². The molecule has 1 amide bonds. The smallest absolute Gasteiger partial charge is 0.264 e. The van der Waals surface area contributed by atoms with Crippen LogP contribution in [0.4, 0.5) is 5.69 Å². The molecule has 3 aromatic carbocycles. The molecule has 0 bridgehead atoms. The molecular formula is C26H30N2O6S. The number of carbonyl (C=O) groups is 1. The maximum atomic E-state index is 13.6. The summed E-state index contributed by atoms with van der Waals surface area (Å²) in [7, 11) is -1.14. The first-order valence-corrected chi connectivity index (χ1v) is 12.5. The third kappa shape index (κ3) is 6.66. The van der Waals surface area contributed by atoms with Gasteiger partial charge in [-0.2, -0.15) is 0 Å². The van der Waals surface area contributed by atoms with Gasteiger partial charge in [0, 0.05) is 6.54 Å². The molecule has 0 saturated carbocycles. The van der Waals surface area contributed by atoms with E-state index in [1.807, 2.05) is 38.1 Å². The second kappa shape index (κ2) is 11.6. The van der Waals surface area contributed by atoms with Crippen molar-refractivity contribution in [2.24, 2.45) is 0 Å². The number of methoxy groups -OCH3 is 2. The lowest BCUT2D eigenvalue weighted by Gasteiger charge is -2.25. The van der Waals surface area contributed by atoms with Crippen LogP contribution in [0.3, 0.4) is 0 Å². The van der Waals surface area contributed by atoms with Gasteiger partial charge in [-0.3, -0.25) is 9.10 Å². The molecule has 0 unspecified atom stereocenters. The van der Waals surface area contributed by atoms with E-state index in [1.165, 1.54) is 26.4 Å². The van der Waals surface area contributed by atoms with Gasteiger partial charge in [-0.25, -0.2) is 8.42 Å². The van der Waals surface area contributed by atoms with Crippen molar-refractivity contribution in [1.82, 2.24) is 5.32 Å². The molecule has 0 heterocycles. The van der Waals surface area contributed by atoms with Crippen LogP contribution in [0.5, 0.6) is 17.2 Å². The lowest BCUT2D eigenvalue weighted by molar-refractivity contribution is -0.119. The average molecular weight is 499 g/mol. The second-order valence-corrected chi connectivity index (χ2v) is 9.81. The van der Waals surface area contributed by atoms with Gasteiger partial charge >= 0.3 is 0 Å². The number of sulfonamides is 1. The van der Waals surface area contributed by atoms with Crippen LogP contribution in [0.2, 0.25) is 0 Å². The lowest BCUT2D eigenvalue weighted by Crippen LogP contribution is -2.40. The molecule has 35 heavy (non-hydrogen) atoms.